The molecule has 118 valence electrons. The molecule has 0 bridgehead atoms. The van der Waals surface area contributed by atoms with Crippen LogP contribution in [0.2, 0.25) is 0 Å². The van der Waals surface area contributed by atoms with Crippen LogP contribution in [-0.2, 0) is 11.3 Å². The summed E-state index contributed by atoms with van der Waals surface area (Å²) in [4.78, 5) is 19.5. The lowest BCUT2D eigenvalue weighted by Gasteiger charge is -2.12. The molecule has 0 spiro atoms. The summed E-state index contributed by atoms with van der Waals surface area (Å²) in [5.74, 6) is 0.0651. The number of fused-ring (bicyclic) bond motifs is 1. The van der Waals surface area contributed by atoms with E-state index >= 15 is 0 Å². The number of nitrogens with one attached hydrogen (secondary N) is 1. The van der Waals surface area contributed by atoms with Crippen molar-refractivity contribution in [2.45, 2.75) is 26.6 Å². The summed E-state index contributed by atoms with van der Waals surface area (Å²) >= 11 is 0. The molecule has 1 N–H and O–H groups in total. The lowest BCUT2D eigenvalue weighted by molar-refractivity contribution is 0.0658. The molecule has 0 saturated heterocycles. The van der Waals surface area contributed by atoms with Gasteiger partial charge in [0.2, 0.25) is 0 Å². The Morgan fingerprint density at radius 3 is 2.78 bits per heavy atom. The van der Waals surface area contributed by atoms with E-state index in [-0.39, 0.29) is 24.1 Å². The van der Waals surface area contributed by atoms with Gasteiger partial charge >= 0.3 is 0 Å². The average molecular weight is 312 g/mol. The first-order valence-corrected chi connectivity index (χ1v) is 7.44. The van der Waals surface area contributed by atoms with E-state index in [0.29, 0.717) is 27.9 Å². The Hall–Kier alpha value is -2.53. The minimum Gasteiger partial charge on any atom is -0.374 e. The fraction of sp³-hybridized carbons (Fsp3) is 0.222. The summed E-state index contributed by atoms with van der Waals surface area (Å²) in [5, 5.41) is 0.526. The van der Waals surface area contributed by atoms with Crippen LogP contribution in [0.15, 0.2) is 47.3 Å². The number of benzene rings is 2. The van der Waals surface area contributed by atoms with Crippen molar-refractivity contribution in [3.63, 3.8) is 0 Å². The van der Waals surface area contributed by atoms with E-state index in [9.17, 15) is 9.18 Å². The van der Waals surface area contributed by atoms with E-state index in [1.54, 1.807) is 24.3 Å². The van der Waals surface area contributed by atoms with Gasteiger partial charge in [0.15, 0.2) is 0 Å². The molecule has 5 heteroatoms. The number of para-hydroxylation sites is 1. The Morgan fingerprint density at radius 2 is 2.00 bits per heavy atom. The minimum absolute atomic E-state index is 0.0229. The third kappa shape index (κ3) is 3.29. The second-order valence-corrected chi connectivity index (χ2v) is 5.59. The highest BCUT2D eigenvalue weighted by molar-refractivity contribution is 5.79. The maximum absolute atomic E-state index is 13.6. The molecule has 0 aliphatic rings. The molecule has 0 radical (unpaired) electrons. The highest BCUT2D eigenvalue weighted by Crippen LogP contribution is 2.23. The molecule has 0 unspecified atom stereocenters. The number of ether oxygens (including phenoxy) is 1. The lowest BCUT2D eigenvalue weighted by Crippen LogP contribution is -2.11. The number of rotatable bonds is 4. The molecule has 0 aliphatic carbocycles. The van der Waals surface area contributed by atoms with Crippen molar-refractivity contribution in [3.8, 4) is 11.4 Å². The van der Waals surface area contributed by atoms with E-state index in [1.807, 2.05) is 19.9 Å². The van der Waals surface area contributed by atoms with Crippen molar-refractivity contribution in [1.82, 2.24) is 9.97 Å². The van der Waals surface area contributed by atoms with Crippen LogP contribution in [0.5, 0.6) is 0 Å². The van der Waals surface area contributed by atoms with Crippen molar-refractivity contribution >= 4 is 10.9 Å². The van der Waals surface area contributed by atoms with E-state index < -0.39 is 0 Å². The fourth-order valence-electron chi connectivity index (χ4n) is 2.38. The quantitative estimate of drug-likeness (QED) is 0.800. The Balaban J connectivity index is 2.12. The minimum atomic E-state index is -0.348. The number of aromatic nitrogens is 2. The molecule has 0 amide bonds. The van der Waals surface area contributed by atoms with Crippen molar-refractivity contribution in [2.24, 2.45) is 0 Å². The number of halogens is 1. The van der Waals surface area contributed by atoms with Gasteiger partial charge in [-0.3, -0.25) is 4.79 Å². The molecule has 0 atom stereocenters. The third-order valence-corrected chi connectivity index (χ3v) is 3.51. The monoisotopic (exact) mass is 312 g/mol. The summed E-state index contributed by atoms with van der Waals surface area (Å²) in [5.41, 5.74) is 1.70. The third-order valence-electron chi connectivity index (χ3n) is 3.51. The van der Waals surface area contributed by atoms with Crippen molar-refractivity contribution < 1.29 is 9.13 Å². The van der Waals surface area contributed by atoms with Crippen LogP contribution in [0.4, 0.5) is 4.39 Å². The number of hydrogen-bond donors (Lipinski definition) is 1. The Kier molecular flexibility index (Phi) is 4.21. The number of nitrogens with zero attached hydrogens (tertiary/aromatic N) is 1. The van der Waals surface area contributed by atoms with Crippen LogP contribution in [0.1, 0.15) is 19.4 Å². The van der Waals surface area contributed by atoms with E-state index in [2.05, 4.69) is 9.97 Å². The second-order valence-electron chi connectivity index (χ2n) is 5.59. The molecule has 1 heterocycles. The summed E-state index contributed by atoms with van der Waals surface area (Å²) in [6.07, 6.45) is 0.0229. The molecule has 0 fully saturated rings. The molecule has 3 aromatic rings. The molecule has 0 saturated carbocycles. The molecule has 2 aromatic carbocycles. The first-order valence-electron chi connectivity index (χ1n) is 7.44. The van der Waals surface area contributed by atoms with Crippen molar-refractivity contribution in [1.29, 1.82) is 0 Å². The Labute approximate surface area is 133 Å². The first-order chi connectivity index (χ1) is 11.0. The predicted octanol–water partition coefficient (Wildman–Crippen LogP) is 3.65. The lowest BCUT2D eigenvalue weighted by atomic mass is 10.1. The van der Waals surface area contributed by atoms with Gasteiger partial charge in [-0.2, -0.15) is 0 Å². The number of H-pyrrole nitrogens is 1. The first kappa shape index (κ1) is 15.4. The fourth-order valence-corrected chi connectivity index (χ4v) is 2.38. The van der Waals surface area contributed by atoms with Crippen LogP contribution in [0.3, 0.4) is 0 Å². The summed E-state index contributed by atoms with van der Waals surface area (Å²) < 4.78 is 19.1. The van der Waals surface area contributed by atoms with Gasteiger partial charge in [-0.1, -0.05) is 12.1 Å². The summed E-state index contributed by atoms with van der Waals surface area (Å²) in [7, 11) is 0. The molecule has 23 heavy (non-hydrogen) atoms. The van der Waals surface area contributed by atoms with Gasteiger partial charge in [0.25, 0.3) is 5.56 Å². The van der Waals surface area contributed by atoms with Gasteiger partial charge in [-0.15, -0.1) is 0 Å². The number of hydrogen-bond acceptors (Lipinski definition) is 3. The Bertz CT molecular complexity index is 903. The van der Waals surface area contributed by atoms with Gasteiger partial charge in [0.05, 0.1) is 23.6 Å². The number of aromatic amines is 1. The van der Waals surface area contributed by atoms with Crippen molar-refractivity contribution in [3.05, 3.63) is 64.2 Å². The van der Waals surface area contributed by atoms with Gasteiger partial charge in [0.1, 0.15) is 11.6 Å². The molecule has 4 nitrogen and oxygen atoms in total. The SMILES string of the molecule is CC(C)OCc1cc(F)ccc1-c1nc2ccccc2c(=O)[nH]1. The predicted molar refractivity (Wildman–Crippen MR) is 87.7 cm³/mol. The average Bonchev–Trinajstić information content (AvgIpc) is 2.53. The zero-order valence-corrected chi connectivity index (χ0v) is 13.0. The summed E-state index contributed by atoms with van der Waals surface area (Å²) in [6, 6.07) is 11.5. The standard InChI is InChI=1S/C18H17FN2O2/c1-11(2)23-10-12-9-13(19)7-8-14(12)17-20-16-6-4-3-5-15(16)18(22)21-17/h3-9,11H,10H2,1-2H3,(H,20,21,22). The molecular formula is C18H17FN2O2. The molecule has 1 aromatic heterocycles. The van der Waals surface area contributed by atoms with E-state index in [1.165, 1.54) is 12.1 Å². The van der Waals surface area contributed by atoms with Gasteiger partial charge in [-0.05, 0) is 49.7 Å². The molecular weight excluding hydrogens is 295 g/mol. The van der Waals surface area contributed by atoms with Gasteiger partial charge in [-0.25, -0.2) is 9.37 Å². The van der Waals surface area contributed by atoms with Crippen molar-refractivity contribution in [2.75, 3.05) is 0 Å². The van der Waals surface area contributed by atoms with Crippen LogP contribution in [0, 0.1) is 5.82 Å². The molecule has 3 rings (SSSR count). The van der Waals surface area contributed by atoms with Crippen LogP contribution in [0.25, 0.3) is 22.3 Å². The Morgan fingerprint density at radius 1 is 1.22 bits per heavy atom. The zero-order valence-electron chi connectivity index (χ0n) is 13.0. The normalized spacial score (nSPS) is 11.3. The van der Waals surface area contributed by atoms with Gasteiger partial charge in [0, 0.05) is 5.56 Å². The second kappa shape index (κ2) is 6.30. The summed E-state index contributed by atoms with van der Waals surface area (Å²) in [6.45, 7) is 4.07. The highest BCUT2D eigenvalue weighted by atomic mass is 19.1. The van der Waals surface area contributed by atoms with Crippen LogP contribution < -0.4 is 5.56 Å². The smallest absolute Gasteiger partial charge is 0.259 e. The molecule has 0 aliphatic heterocycles. The topological polar surface area (TPSA) is 55.0 Å². The van der Waals surface area contributed by atoms with Crippen LogP contribution >= 0.6 is 0 Å². The maximum atomic E-state index is 13.6. The zero-order chi connectivity index (χ0) is 16.4. The maximum Gasteiger partial charge on any atom is 0.259 e. The highest BCUT2D eigenvalue weighted by Gasteiger charge is 2.12. The van der Waals surface area contributed by atoms with E-state index in [4.69, 9.17) is 4.74 Å². The van der Waals surface area contributed by atoms with Gasteiger partial charge < -0.3 is 9.72 Å². The van der Waals surface area contributed by atoms with E-state index in [0.717, 1.165) is 0 Å². The van der Waals surface area contributed by atoms with Crippen LogP contribution in [-0.4, -0.2) is 16.1 Å². The largest absolute Gasteiger partial charge is 0.374 e.